The monoisotopic (exact) mass is 322 g/mol. The average Bonchev–Trinajstić information content (AvgIpc) is 2.55. The number of benzene rings is 2. The second kappa shape index (κ2) is 9.32. The third-order valence-corrected chi connectivity index (χ3v) is 3.24. The second-order valence-corrected chi connectivity index (χ2v) is 5.03. The summed E-state index contributed by atoms with van der Waals surface area (Å²) in [7, 11) is 0. The summed E-state index contributed by atoms with van der Waals surface area (Å²) in [5.74, 6) is 0.796. The molecule has 0 saturated carbocycles. The van der Waals surface area contributed by atoms with Crippen molar-refractivity contribution in [1.82, 2.24) is 0 Å². The first-order valence-electron chi connectivity index (χ1n) is 6.86. The normalized spacial score (nSPS) is 12.0. The van der Waals surface area contributed by atoms with Gasteiger partial charge in [0.25, 0.3) is 0 Å². The van der Waals surface area contributed by atoms with Gasteiger partial charge in [-0.05, 0) is 11.6 Å². The van der Waals surface area contributed by atoms with Crippen LogP contribution < -0.4 is 4.74 Å². The highest BCUT2D eigenvalue weighted by Gasteiger charge is 2.05. The molecular weight excluding hydrogens is 304 g/mol. The predicted molar refractivity (Wildman–Crippen MR) is 84.9 cm³/mol. The zero-order valence-electron chi connectivity index (χ0n) is 12.0. The summed E-state index contributed by atoms with van der Waals surface area (Å²) >= 11 is -2.24. The van der Waals surface area contributed by atoms with E-state index in [1.807, 2.05) is 54.6 Å². The zero-order valence-corrected chi connectivity index (χ0v) is 12.8. The van der Waals surface area contributed by atoms with Crippen LogP contribution in [0.4, 0.5) is 0 Å². The molecule has 5 nitrogen and oxygen atoms in total. The summed E-state index contributed by atoms with van der Waals surface area (Å²) in [6.45, 7) is 1.09. The predicted octanol–water partition coefficient (Wildman–Crippen LogP) is 2.90. The van der Waals surface area contributed by atoms with Crippen LogP contribution >= 0.6 is 0 Å². The molecular formula is C16H18O5S. The van der Waals surface area contributed by atoms with Crippen molar-refractivity contribution in [2.45, 2.75) is 0 Å². The molecule has 0 amide bonds. The molecule has 0 spiro atoms. The molecule has 2 rings (SSSR count). The van der Waals surface area contributed by atoms with E-state index in [2.05, 4.69) is 4.18 Å². The van der Waals surface area contributed by atoms with Crippen LogP contribution in [0.15, 0.2) is 54.6 Å². The van der Waals surface area contributed by atoms with Crippen LogP contribution in [0.5, 0.6) is 5.75 Å². The number of para-hydroxylation sites is 1. The molecule has 22 heavy (non-hydrogen) atoms. The lowest BCUT2D eigenvalue weighted by Gasteiger charge is -2.11. The molecule has 2 aromatic carbocycles. The molecule has 118 valence electrons. The molecule has 2 aromatic rings. The Hall–Kier alpha value is -1.73. The van der Waals surface area contributed by atoms with Gasteiger partial charge in [-0.2, -0.15) is 4.21 Å². The van der Waals surface area contributed by atoms with Gasteiger partial charge in [0, 0.05) is 5.56 Å². The molecule has 0 aliphatic rings. The second-order valence-electron chi connectivity index (χ2n) is 4.36. The van der Waals surface area contributed by atoms with Crippen LogP contribution in [-0.4, -0.2) is 35.2 Å². The lowest BCUT2D eigenvalue weighted by atomic mass is 10.1. The van der Waals surface area contributed by atoms with E-state index in [1.54, 1.807) is 0 Å². The van der Waals surface area contributed by atoms with Crippen molar-refractivity contribution >= 4 is 11.4 Å². The van der Waals surface area contributed by atoms with Gasteiger partial charge in [0.15, 0.2) is 0 Å². The van der Waals surface area contributed by atoms with E-state index in [0.29, 0.717) is 13.2 Å². The summed E-state index contributed by atoms with van der Waals surface area (Å²) in [6.07, 6.45) is 0. The quantitative estimate of drug-likeness (QED) is 0.568. The van der Waals surface area contributed by atoms with Crippen LogP contribution in [0.1, 0.15) is 0 Å². The Morgan fingerprint density at radius 1 is 0.864 bits per heavy atom. The Morgan fingerprint density at radius 3 is 2.32 bits per heavy atom. The van der Waals surface area contributed by atoms with Crippen LogP contribution in [-0.2, 0) is 20.3 Å². The SMILES string of the molecule is O=S(O)OCCOCCOc1ccccc1-c1ccccc1. The minimum Gasteiger partial charge on any atom is -0.491 e. The maximum Gasteiger partial charge on any atom is 0.301 e. The van der Waals surface area contributed by atoms with Crippen LogP contribution in [0.3, 0.4) is 0 Å². The number of hydrogen-bond acceptors (Lipinski definition) is 4. The smallest absolute Gasteiger partial charge is 0.301 e. The molecule has 0 saturated heterocycles. The van der Waals surface area contributed by atoms with E-state index in [-0.39, 0.29) is 13.2 Å². The lowest BCUT2D eigenvalue weighted by molar-refractivity contribution is 0.0775. The first-order valence-corrected chi connectivity index (χ1v) is 7.89. The minimum atomic E-state index is -2.24. The van der Waals surface area contributed by atoms with Crippen LogP contribution in [0, 0.1) is 0 Å². The summed E-state index contributed by atoms with van der Waals surface area (Å²) in [6, 6.07) is 17.8. The lowest BCUT2D eigenvalue weighted by Crippen LogP contribution is -2.11. The van der Waals surface area contributed by atoms with Crippen molar-refractivity contribution in [2.24, 2.45) is 0 Å². The molecule has 0 fully saturated rings. The fraction of sp³-hybridized carbons (Fsp3) is 0.250. The highest BCUT2D eigenvalue weighted by molar-refractivity contribution is 7.74. The van der Waals surface area contributed by atoms with Crippen molar-refractivity contribution in [3.63, 3.8) is 0 Å². The van der Waals surface area contributed by atoms with E-state index in [0.717, 1.165) is 16.9 Å². The topological polar surface area (TPSA) is 65.0 Å². The summed E-state index contributed by atoms with van der Waals surface area (Å²) in [4.78, 5) is 0. The maximum atomic E-state index is 10.3. The molecule has 6 heteroatoms. The van der Waals surface area contributed by atoms with Crippen LogP contribution in [0.25, 0.3) is 11.1 Å². The van der Waals surface area contributed by atoms with Gasteiger partial charge in [0.05, 0.1) is 19.8 Å². The largest absolute Gasteiger partial charge is 0.491 e. The molecule has 0 bridgehead atoms. The average molecular weight is 322 g/mol. The third kappa shape index (κ3) is 5.57. The molecule has 1 unspecified atom stereocenters. The van der Waals surface area contributed by atoms with E-state index < -0.39 is 11.4 Å². The maximum absolute atomic E-state index is 10.3. The van der Waals surface area contributed by atoms with Gasteiger partial charge in [-0.1, -0.05) is 48.5 Å². The zero-order chi connectivity index (χ0) is 15.6. The van der Waals surface area contributed by atoms with E-state index in [4.69, 9.17) is 14.0 Å². The van der Waals surface area contributed by atoms with Gasteiger partial charge in [-0.25, -0.2) is 0 Å². The first-order chi connectivity index (χ1) is 10.8. The van der Waals surface area contributed by atoms with E-state index in [9.17, 15) is 4.21 Å². The third-order valence-electron chi connectivity index (χ3n) is 2.87. The molecule has 0 aromatic heterocycles. The molecule has 0 heterocycles. The molecule has 0 radical (unpaired) electrons. The Balaban J connectivity index is 1.80. The molecule has 0 aliphatic carbocycles. The van der Waals surface area contributed by atoms with Gasteiger partial charge >= 0.3 is 11.4 Å². The molecule has 0 aliphatic heterocycles. The number of hydrogen-bond donors (Lipinski definition) is 1. The van der Waals surface area contributed by atoms with Crippen molar-refractivity contribution in [3.05, 3.63) is 54.6 Å². The van der Waals surface area contributed by atoms with Gasteiger partial charge < -0.3 is 9.47 Å². The highest BCUT2D eigenvalue weighted by Crippen LogP contribution is 2.29. The fourth-order valence-corrected chi connectivity index (χ4v) is 2.14. The van der Waals surface area contributed by atoms with Crippen molar-refractivity contribution in [2.75, 3.05) is 26.4 Å². The van der Waals surface area contributed by atoms with Gasteiger partial charge in [0.2, 0.25) is 0 Å². The summed E-state index contributed by atoms with van der Waals surface area (Å²) in [5.41, 5.74) is 2.12. The number of ether oxygens (including phenoxy) is 2. The van der Waals surface area contributed by atoms with Crippen molar-refractivity contribution in [1.29, 1.82) is 0 Å². The fourth-order valence-electron chi connectivity index (χ4n) is 1.93. The number of rotatable bonds is 9. The first kappa shape index (κ1) is 16.6. The highest BCUT2D eigenvalue weighted by atomic mass is 32.2. The Bertz CT molecular complexity index is 588. The van der Waals surface area contributed by atoms with Crippen molar-refractivity contribution < 1.29 is 22.4 Å². The van der Waals surface area contributed by atoms with E-state index >= 15 is 0 Å². The summed E-state index contributed by atoms with van der Waals surface area (Å²) in [5, 5.41) is 0. The van der Waals surface area contributed by atoms with Crippen LogP contribution in [0.2, 0.25) is 0 Å². The van der Waals surface area contributed by atoms with Gasteiger partial charge in [0.1, 0.15) is 12.4 Å². The Morgan fingerprint density at radius 2 is 1.55 bits per heavy atom. The van der Waals surface area contributed by atoms with E-state index in [1.165, 1.54) is 0 Å². The molecule has 1 atom stereocenters. The van der Waals surface area contributed by atoms with Crippen molar-refractivity contribution in [3.8, 4) is 16.9 Å². The standard InChI is InChI=1S/C16H18O5S/c17-22(18)21-13-11-19-10-12-20-16-9-5-4-8-15(16)14-6-2-1-3-7-14/h1-9H,10-13H2,(H,17,18). The summed E-state index contributed by atoms with van der Waals surface area (Å²) < 4.78 is 34.1. The Kier molecular flexibility index (Phi) is 7.05. The molecule has 1 N–H and O–H groups in total. The van der Waals surface area contributed by atoms with Gasteiger partial charge in [-0.15, -0.1) is 0 Å². The van der Waals surface area contributed by atoms with Gasteiger partial charge in [-0.3, -0.25) is 8.74 Å². The Labute approximate surface area is 132 Å². The minimum absolute atomic E-state index is 0.0731.